The van der Waals surface area contributed by atoms with Crippen molar-refractivity contribution in [2.45, 2.75) is 59.1 Å². The van der Waals surface area contributed by atoms with Crippen molar-refractivity contribution in [2.24, 2.45) is 16.7 Å². The minimum atomic E-state index is -1.03. The van der Waals surface area contributed by atoms with Crippen molar-refractivity contribution in [1.82, 2.24) is 14.7 Å². The monoisotopic (exact) mass is 597 g/mol. The number of benzene rings is 2. The van der Waals surface area contributed by atoms with Crippen molar-refractivity contribution in [3.05, 3.63) is 87.0 Å². The van der Waals surface area contributed by atoms with E-state index in [-0.39, 0.29) is 25.5 Å². The van der Waals surface area contributed by atoms with E-state index in [1.54, 1.807) is 13.8 Å². The zero-order chi connectivity index (χ0) is 31.6. The van der Waals surface area contributed by atoms with Crippen LogP contribution in [0.15, 0.2) is 53.6 Å². The molecule has 0 unspecified atom stereocenters. The lowest BCUT2D eigenvalue weighted by molar-refractivity contribution is -0.757. The van der Waals surface area contributed by atoms with Gasteiger partial charge in [0.15, 0.2) is 12.6 Å². The summed E-state index contributed by atoms with van der Waals surface area (Å²) in [6.07, 6.45) is 0.861. The van der Waals surface area contributed by atoms with Crippen LogP contribution in [0.4, 0.5) is 4.79 Å². The maximum absolute atomic E-state index is 11.7. The molecule has 43 heavy (non-hydrogen) atoms. The molecule has 0 saturated carbocycles. The van der Waals surface area contributed by atoms with Gasteiger partial charge in [-0.2, -0.15) is 5.12 Å². The van der Waals surface area contributed by atoms with Crippen LogP contribution in [-0.2, 0) is 32.9 Å². The summed E-state index contributed by atoms with van der Waals surface area (Å²) in [4.78, 5) is 30.7. The molecule has 0 radical (unpaired) electrons. The van der Waals surface area contributed by atoms with Gasteiger partial charge in [-0.05, 0) is 43.9 Å². The molecule has 14 nitrogen and oxygen atoms in total. The van der Waals surface area contributed by atoms with E-state index in [2.05, 4.69) is 21.4 Å². The van der Waals surface area contributed by atoms with Gasteiger partial charge in [-0.1, -0.05) is 55.5 Å². The van der Waals surface area contributed by atoms with Gasteiger partial charge in [0.2, 0.25) is 0 Å². The van der Waals surface area contributed by atoms with Gasteiger partial charge in [0, 0.05) is 30.6 Å². The first-order valence-electron chi connectivity index (χ1n) is 13.8. The molecule has 14 heteroatoms. The van der Waals surface area contributed by atoms with Crippen molar-refractivity contribution in [2.75, 3.05) is 19.9 Å². The standard InChI is InChI=1S/C29H39N7O7/c1-5-9-25-32-26(29(3,4)38)20(2)34(25)18-21-12-14-22(15-13-21)23-10-6-7-11-24(23)27(30)33-35(31)19-42-28(37)41-16-8-17-43-36(39)40/h6-7,10-15,38H,5,8-9,16-19,31H2,1-4H3,(H2,30,33). The van der Waals surface area contributed by atoms with E-state index < -0.39 is 23.6 Å². The lowest BCUT2D eigenvalue weighted by Crippen LogP contribution is -2.33. The summed E-state index contributed by atoms with van der Waals surface area (Å²) in [5.41, 5.74) is 10.3. The van der Waals surface area contributed by atoms with Crippen molar-refractivity contribution < 1.29 is 29.3 Å². The number of amidine groups is 1. The Balaban J connectivity index is 1.68. The fraction of sp³-hybridized carbons (Fsp3) is 0.414. The molecule has 0 atom stereocenters. The Hall–Kier alpha value is -4.69. The highest BCUT2D eigenvalue weighted by Crippen LogP contribution is 2.27. The van der Waals surface area contributed by atoms with Crippen LogP contribution in [0.25, 0.3) is 11.1 Å². The van der Waals surface area contributed by atoms with Gasteiger partial charge in [-0.15, -0.1) is 15.2 Å². The number of rotatable bonds is 15. The van der Waals surface area contributed by atoms with Crippen LogP contribution in [0.5, 0.6) is 0 Å². The average Bonchev–Trinajstić information content (AvgIpc) is 3.27. The zero-order valence-corrected chi connectivity index (χ0v) is 24.9. The summed E-state index contributed by atoms with van der Waals surface area (Å²) >= 11 is 0. The van der Waals surface area contributed by atoms with Crippen molar-refractivity contribution in [3.8, 4) is 11.1 Å². The number of hydrogen-bond donors (Lipinski definition) is 3. The summed E-state index contributed by atoms with van der Waals surface area (Å²) < 4.78 is 11.8. The van der Waals surface area contributed by atoms with E-state index in [9.17, 15) is 20.0 Å². The molecule has 1 heterocycles. The molecule has 0 amide bonds. The maximum atomic E-state index is 11.7. The second-order valence-corrected chi connectivity index (χ2v) is 10.3. The average molecular weight is 598 g/mol. The van der Waals surface area contributed by atoms with E-state index in [4.69, 9.17) is 26.0 Å². The number of carbonyl (C=O) groups excluding carboxylic acids is 1. The second-order valence-electron chi connectivity index (χ2n) is 10.3. The molecule has 1 aromatic heterocycles. The van der Waals surface area contributed by atoms with E-state index >= 15 is 0 Å². The third-order valence-electron chi connectivity index (χ3n) is 6.42. The number of nitrogens with two attached hydrogens (primary N) is 2. The quantitative estimate of drug-likeness (QED) is 0.0339. The van der Waals surface area contributed by atoms with Gasteiger partial charge in [0.05, 0.1) is 18.9 Å². The number of ether oxygens (including phenoxy) is 2. The Morgan fingerprint density at radius 3 is 2.51 bits per heavy atom. The Kier molecular flexibility index (Phi) is 11.4. The predicted octanol–water partition coefficient (Wildman–Crippen LogP) is 3.59. The minimum absolute atomic E-state index is 0.105. The number of aliphatic hydroxyl groups is 1. The number of aryl methyl sites for hydroxylation is 1. The lowest BCUT2D eigenvalue weighted by atomic mass is 9.98. The Labute approximate surface area is 249 Å². The molecule has 0 bridgehead atoms. The third kappa shape index (κ3) is 9.41. The second kappa shape index (κ2) is 15.0. The van der Waals surface area contributed by atoms with E-state index in [1.165, 1.54) is 0 Å². The van der Waals surface area contributed by atoms with Crippen LogP contribution in [0.3, 0.4) is 0 Å². The van der Waals surface area contributed by atoms with Gasteiger partial charge in [0.1, 0.15) is 11.4 Å². The van der Waals surface area contributed by atoms with Gasteiger partial charge in [0.25, 0.3) is 5.09 Å². The number of imidazole rings is 1. The van der Waals surface area contributed by atoms with E-state index in [1.807, 2.05) is 55.5 Å². The number of carbonyl (C=O) groups is 1. The first-order valence-corrected chi connectivity index (χ1v) is 13.8. The SMILES string of the molecule is CCCc1nc(C(C)(C)O)c(C)n1Cc1ccc(-c2ccccc2/C(N)=N/N(N)COC(=O)OCCCO[N+](=O)[O-])cc1. The van der Waals surface area contributed by atoms with E-state index in [0.717, 1.165) is 46.2 Å². The summed E-state index contributed by atoms with van der Waals surface area (Å²) in [5.74, 6) is 6.89. The van der Waals surface area contributed by atoms with Crippen LogP contribution in [0.1, 0.15) is 62.0 Å². The van der Waals surface area contributed by atoms with Crippen LogP contribution in [0.2, 0.25) is 0 Å². The van der Waals surface area contributed by atoms with E-state index in [0.29, 0.717) is 17.8 Å². The van der Waals surface area contributed by atoms with Crippen molar-refractivity contribution in [3.63, 3.8) is 0 Å². The maximum Gasteiger partial charge on any atom is 0.510 e. The number of nitrogens with zero attached hydrogens (tertiary/aromatic N) is 5. The molecule has 0 spiro atoms. The fourth-order valence-corrected chi connectivity index (χ4v) is 4.46. The molecule has 3 aromatic rings. The number of aromatic nitrogens is 2. The molecule has 0 aliphatic heterocycles. The van der Waals surface area contributed by atoms with Gasteiger partial charge in [-0.25, -0.2) is 15.6 Å². The summed E-state index contributed by atoms with van der Waals surface area (Å²) in [6, 6.07) is 15.5. The number of hydrogen-bond acceptors (Lipinski definition) is 11. The highest BCUT2D eigenvalue weighted by molar-refractivity contribution is 6.03. The van der Waals surface area contributed by atoms with Crippen molar-refractivity contribution in [1.29, 1.82) is 0 Å². The topological polar surface area (TPSA) is 194 Å². The summed E-state index contributed by atoms with van der Waals surface area (Å²) in [6.45, 7) is 7.43. The number of hydrazine groups is 1. The van der Waals surface area contributed by atoms with Crippen molar-refractivity contribution >= 4 is 12.0 Å². The minimum Gasteiger partial charge on any atom is -0.434 e. The Bertz CT molecular complexity index is 1420. The first-order chi connectivity index (χ1) is 20.4. The molecule has 0 aliphatic rings. The predicted molar refractivity (Wildman–Crippen MR) is 159 cm³/mol. The molecule has 0 saturated heterocycles. The van der Waals surface area contributed by atoms with Crippen LogP contribution < -0.4 is 11.6 Å². The molecule has 5 N–H and O–H groups in total. The molecule has 232 valence electrons. The normalized spacial score (nSPS) is 11.7. The number of hydrazone groups is 1. The van der Waals surface area contributed by atoms with Gasteiger partial charge < -0.3 is 29.7 Å². The largest absolute Gasteiger partial charge is 0.510 e. The third-order valence-corrected chi connectivity index (χ3v) is 6.42. The van der Waals surface area contributed by atoms with Gasteiger partial charge >= 0.3 is 6.16 Å². The van der Waals surface area contributed by atoms with Gasteiger partial charge in [-0.3, -0.25) is 0 Å². The first kappa shape index (κ1) is 32.8. The molecular formula is C29H39N7O7. The molecule has 0 fully saturated rings. The summed E-state index contributed by atoms with van der Waals surface area (Å²) in [7, 11) is 0. The highest BCUT2D eigenvalue weighted by Gasteiger charge is 2.25. The Morgan fingerprint density at radius 2 is 1.86 bits per heavy atom. The molecule has 2 aromatic carbocycles. The molecule has 0 aliphatic carbocycles. The zero-order valence-electron chi connectivity index (χ0n) is 24.9. The lowest BCUT2D eigenvalue weighted by Gasteiger charge is -2.16. The van der Waals surface area contributed by atoms with Crippen LogP contribution in [0, 0.1) is 17.0 Å². The fourth-order valence-electron chi connectivity index (χ4n) is 4.46. The van der Waals surface area contributed by atoms with Crippen LogP contribution in [-0.4, -0.2) is 56.8 Å². The molecule has 3 rings (SSSR count). The Morgan fingerprint density at radius 1 is 1.16 bits per heavy atom. The molecular weight excluding hydrogens is 558 g/mol. The highest BCUT2D eigenvalue weighted by atomic mass is 16.9. The summed E-state index contributed by atoms with van der Waals surface area (Å²) in [5, 5.41) is 24.7. The van der Waals surface area contributed by atoms with Crippen LogP contribution >= 0.6 is 0 Å². The smallest absolute Gasteiger partial charge is 0.434 e.